The first-order chi connectivity index (χ1) is 12.7. The van der Waals surface area contributed by atoms with E-state index >= 15 is 0 Å². The molecular weight excluding hydrogens is 330 g/mol. The fraction of sp³-hybridized carbons (Fsp3) is 0.400. The SMILES string of the molecule is Nc1c(C(=O)N2CCCCC2)oc2nc(-c3ccco3)c3c(c12)CCC3. The summed E-state index contributed by atoms with van der Waals surface area (Å²) in [4.78, 5) is 19.4. The number of fused-ring (bicyclic) bond motifs is 3. The van der Waals surface area contributed by atoms with Gasteiger partial charge >= 0.3 is 0 Å². The molecule has 1 saturated heterocycles. The third kappa shape index (κ3) is 2.25. The minimum Gasteiger partial charge on any atom is -0.463 e. The van der Waals surface area contributed by atoms with Gasteiger partial charge in [0.15, 0.2) is 5.76 Å². The largest absolute Gasteiger partial charge is 0.463 e. The number of likely N-dealkylation sites (tertiary alicyclic amines) is 1. The van der Waals surface area contributed by atoms with E-state index in [-0.39, 0.29) is 11.7 Å². The van der Waals surface area contributed by atoms with Gasteiger partial charge in [-0.2, -0.15) is 0 Å². The summed E-state index contributed by atoms with van der Waals surface area (Å²) in [7, 11) is 0. The lowest BCUT2D eigenvalue weighted by Crippen LogP contribution is -2.35. The van der Waals surface area contributed by atoms with Gasteiger partial charge in [-0.05, 0) is 61.8 Å². The van der Waals surface area contributed by atoms with Crippen LogP contribution in [0.15, 0.2) is 27.2 Å². The fourth-order valence-corrected chi connectivity index (χ4v) is 4.27. The summed E-state index contributed by atoms with van der Waals surface area (Å²) >= 11 is 0. The standard InChI is InChI=1S/C20H21N3O3/c21-16-15-12-6-4-7-13(12)17(14-8-5-11-25-14)22-19(15)26-18(16)20(24)23-9-2-1-3-10-23/h5,8,11H,1-4,6-7,9-10,21H2. The maximum atomic E-state index is 12.9. The molecule has 3 aromatic rings. The molecule has 0 aromatic carbocycles. The van der Waals surface area contributed by atoms with Crippen LogP contribution in [0, 0.1) is 0 Å². The predicted molar refractivity (Wildman–Crippen MR) is 97.9 cm³/mol. The highest BCUT2D eigenvalue weighted by Crippen LogP contribution is 2.40. The van der Waals surface area contributed by atoms with E-state index in [0.717, 1.165) is 73.2 Å². The summed E-state index contributed by atoms with van der Waals surface area (Å²) in [5, 5.41) is 0.813. The van der Waals surface area contributed by atoms with E-state index in [2.05, 4.69) is 4.98 Å². The number of amides is 1. The highest BCUT2D eigenvalue weighted by Gasteiger charge is 2.30. The van der Waals surface area contributed by atoms with Crippen LogP contribution in [0.1, 0.15) is 47.4 Å². The smallest absolute Gasteiger partial charge is 0.291 e. The lowest BCUT2D eigenvalue weighted by atomic mass is 10.0. The van der Waals surface area contributed by atoms with E-state index < -0.39 is 0 Å². The van der Waals surface area contributed by atoms with Crippen molar-refractivity contribution in [2.45, 2.75) is 38.5 Å². The number of pyridine rings is 1. The second kappa shape index (κ2) is 5.90. The maximum Gasteiger partial charge on any atom is 0.291 e. The number of nitrogens with zero attached hydrogens (tertiary/aromatic N) is 2. The highest BCUT2D eigenvalue weighted by atomic mass is 16.4. The molecule has 0 radical (unpaired) electrons. The number of nitrogen functional groups attached to an aromatic ring is 1. The molecule has 134 valence electrons. The molecule has 1 aliphatic carbocycles. The van der Waals surface area contributed by atoms with Crippen molar-refractivity contribution in [3.8, 4) is 11.5 Å². The number of piperidine rings is 1. The Morgan fingerprint density at radius 3 is 2.69 bits per heavy atom. The summed E-state index contributed by atoms with van der Waals surface area (Å²) in [5.74, 6) is 0.843. The molecule has 1 fully saturated rings. The van der Waals surface area contributed by atoms with Crippen molar-refractivity contribution in [1.29, 1.82) is 0 Å². The van der Waals surface area contributed by atoms with E-state index in [4.69, 9.17) is 14.6 Å². The molecule has 5 rings (SSSR count). The van der Waals surface area contributed by atoms with Gasteiger partial charge in [0.1, 0.15) is 5.69 Å². The lowest BCUT2D eigenvalue weighted by Gasteiger charge is -2.25. The van der Waals surface area contributed by atoms with Crippen LogP contribution in [-0.4, -0.2) is 28.9 Å². The van der Waals surface area contributed by atoms with Crippen LogP contribution in [0.5, 0.6) is 0 Å². The van der Waals surface area contributed by atoms with Crippen molar-refractivity contribution in [2.24, 2.45) is 0 Å². The van der Waals surface area contributed by atoms with Gasteiger partial charge in [0.25, 0.3) is 5.91 Å². The molecule has 0 atom stereocenters. The van der Waals surface area contributed by atoms with Gasteiger partial charge in [-0.15, -0.1) is 0 Å². The predicted octanol–water partition coefficient (Wildman–Crippen LogP) is 3.78. The summed E-state index contributed by atoms with van der Waals surface area (Å²) in [6, 6.07) is 3.75. The second-order valence-electron chi connectivity index (χ2n) is 7.13. The molecule has 2 aliphatic rings. The van der Waals surface area contributed by atoms with Crippen molar-refractivity contribution in [1.82, 2.24) is 9.88 Å². The number of carbonyl (C=O) groups excluding carboxylic acids is 1. The van der Waals surface area contributed by atoms with Crippen LogP contribution in [0.25, 0.3) is 22.6 Å². The number of hydrogen-bond acceptors (Lipinski definition) is 5. The van der Waals surface area contributed by atoms with E-state index in [1.807, 2.05) is 17.0 Å². The molecule has 26 heavy (non-hydrogen) atoms. The van der Waals surface area contributed by atoms with Crippen molar-refractivity contribution in [2.75, 3.05) is 18.8 Å². The molecule has 3 aromatic heterocycles. The molecule has 6 nitrogen and oxygen atoms in total. The number of carbonyl (C=O) groups is 1. The summed E-state index contributed by atoms with van der Waals surface area (Å²) in [6.45, 7) is 1.52. The van der Waals surface area contributed by atoms with Gasteiger partial charge < -0.3 is 19.5 Å². The molecular formula is C20H21N3O3. The molecule has 1 amide bonds. The molecule has 0 unspecified atom stereocenters. The van der Waals surface area contributed by atoms with Crippen molar-refractivity contribution >= 4 is 22.7 Å². The Kier molecular flexibility index (Phi) is 3.51. The molecule has 0 saturated carbocycles. The molecule has 2 N–H and O–H groups in total. The molecule has 0 spiro atoms. The minimum absolute atomic E-state index is 0.119. The Balaban J connectivity index is 1.67. The summed E-state index contributed by atoms with van der Waals surface area (Å²) in [5.41, 5.74) is 10.4. The first-order valence-electron chi connectivity index (χ1n) is 9.31. The van der Waals surface area contributed by atoms with Crippen LogP contribution in [-0.2, 0) is 12.8 Å². The zero-order valence-corrected chi connectivity index (χ0v) is 14.6. The van der Waals surface area contributed by atoms with Gasteiger partial charge in [-0.25, -0.2) is 4.98 Å². The third-order valence-electron chi connectivity index (χ3n) is 5.54. The van der Waals surface area contributed by atoms with Crippen LogP contribution < -0.4 is 5.73 Å². The van der Waals surface area contributed by atoms with Gasteiger partial charge in [0.2, 0.25) is 11.5 Å². The fourth-order valence-electron chi connectivity index (χ4n) is 4.27. The van der Waals surface area contributed by atoms with E-state index in [0.29, 0.717) is 11.4 Å². The first kappa shape index (κ1) is 15.5. The zero-order chi connectivity index (χ0) is 17.7. The Morgan fingerprint density at radius 1 is 1.12 bits per heavy atom. The number of aryl methyl sites for hydroxylation is 1. The van der Waals surface area contributed by atoms with Crippen LogP contribution >= 0.6 is 0 Å². The van der Waals surface area contributed by atoms with E-state index in [1.54, 1.807) is 6.26 Å². The van der Waals surface area contributed by atoms with Crippen LogP contribution in [0.2, 0.25) is 0 Å². The quantitative estimate of drug-likeness (QED) is 0.759. The van der Waals surface area contributed by atoms with Crippen LogP contribution in [0.4, 0.5) is 5.69 Å². The average Bonchev–Trinajstić information content (AvgIpc) is 3.41. The second-order valence-corrected chi connectivity index (χ2v) is 7.13. The summed E-state index contributed by atoms with van der Waals surface area (Å²) in [6.07, 6.45) is 7.77. The average molecular weight is 351 g/mol. The Labute approximate surface area is 151 Å². The Bertz CT molecular complexity index is 982. The first-order valence-corrected chi connectivity index (χ1v) is 9.31. The van der Waals surface area contributed by atoms with Crippen molar-refractivity contribution < 1.29 is 13.6 Å². The Hall–Kier alpha value is -2.76. The number of anilines is 1. The van der Waals surface area contributed by atoms with Gasteiger partial charge in [-0.3, -0.25) is 4.79 Å². The maximum absolute atomic E-state index is 12.9. The topological polar surface area (TPSA) is 85.5 Å². The zero-order valence-electron chi connectivity index (χ0n) is 14.6. The lowest BCUT2D eigenvalue weighted by molar-refractivity contribution is 0.0695. The number of furan rings is 2. The van der Waals surface area contributed by atoms with Crippen molar-refractivity contribution in [3.63, 3.8) is 0 Å². The van der Waals surface area contributed by atoms with Gasteiger partial charge in [0, 0.05) is 13.1 Å². The third-order valence-corrected chi connectivity index (χ3v) is 5.54. The van der Waals surface area contributed by atoms with E-state index in [9.17, 15) is 4.79 Å². The molecule has 1 aliphatic heterocycles. The van der Waals surface area contributed by atoms with Crippen LogP contribution in [0.3, 0.4) is 0 Å². The van der Waals surface area contributed by atoms with Gasteiger partial charge in [-0.1, -0.05) is 0 Å². The van der Waals surface area contributed by atoms with Gasteiger partial charge in [0.05, 0.1) is 17.3 Å². The monoisotopic (exact) mass is 351 g/mol. The highest BCUT2D eigenvalue weighted by molar-refractivity contribution is 6.06. The molecule has 4 heterocycles. The Morgan fingerprint density at radius 2 is 1.92 bits per heavy atom. The van der Waals surface area contributed by atoms with E-state index in [1.165, 1.54) is 6.42 Å². The summed E-state index contributed by atoms with van der Waals surface area (Å²) < 4.78 is 11.5. The molecule has 0 bridgehead atoms. The number of rotatable bonds is 2. The minimum atomic E-state index is -0.119. The number of hydrogen-bond donors (Lipinski definition) is 1. The van der Waals surface area contributed by atoms with Crippen molar-refractivity contribution in [3.05, 3.63) is 35.3 Å². The number of aromatic nitrogens is 1. The normalized spacial score (nSPS) is 17.0. The molecule has 6 heteroatoms. The number of nitrogens with two attached hydrogens (primary N) is 1.